The number of benzene rings is 2. The second-order valence-electron chi connectivity index (χ2n) is 12.0. The van der Waals surface area contributed by atoms with E-state index >= 15 is 0 Å². The lowest BCUT2D eigenvalue weighted by molar-refractivity contribution is -0.133. The number of allylic oxidation sites excluding steroid dienone is 3. The number of aliphatic carboxylic acids is 1. The third kappa shape index (κ3) is 4.62. The first kappa shape index (κ1) is 25.7. The van der Waals surface area contributed by atoms with Crippen LogP contribution in [0.15, 0.2) is 65.1 Å². The molecule has 6 rings (SSSR count). The summed E-state index contributed by atoms with van der Waals surface area (Å²) in [7, 11) is 0. The molecule has 0 amide bonds. The second kappa shape index (κ2) is 10.2. The second-order valence-corrected chi connectivity index (χ2v) is 12.0. The fourth-order valence-electron chi connectivity index (χ4n) is 7.76. The zero-order valence-corrected chi connectivity index (χ0v) is 23.2. The first-order valence-corrected chi connectivity index (χ1v) is 14.4. The third-order valence-electron chi connectivity index (χ3n) is 9.31. The molecule has 0 saturated heterocycles. The molecule has 5 heteroatoms. The number of hydrogen-bond acceptors (Lipinski definition) is 3. The van der Waals surface area contributed by atoms with Crippen LogP contribution < -0.4 is 5.32 Å². The zero-order chi connectivity index (χ0) is 27.3. The molecule has 1 aromatic heterocycles. The topological polar surface area (TPSA) is 82.2 Å². The van der Waals surface area contributed by atoms with Gasteiger partial charge in [0.15, 0.2) is 5.78 Å². The first-order valence-electron chi connectivity index (χ1n) is 14.4. The predicted octanol–water partition coefficient (Wildman–Crippen LogP) is 7.49. The maximum absolute atomic E-state index is 14.1. The molecule has 0 bridgehead atoms. The minimum atomic E-state index is -0.937. The van der Waals surface area contributed by atoms with E-state index in [1.807, 2.05) is 30.5 Å². The molecule has 1 saturated carbocycles. The van der Waals surface area contributed by atoms with Crippen molar-refractivity contribution in [1.29, 1.82) is 0 Å². The molecule has 3 aliphatic rings. The van der Waals surface area contributed by atoms with Crippen LogP contribution in [0.4, 0.5) is 0 Å². The number of carbonyl (C=O) groups is 2. The molecule has 5 nitrogen and oxygen atoms in total. The predicted molar refractivity (Wildman–Crippen MR) is 155 cm³/mol. The van der Waals surface area contributed by atoms with Crippen LogP contribution >= 0.6 is 0 Å². The quantitative estimate of drug-likeness (QED) is 0.313. The van der Waals surface area contributed by atoms with Gasteiger partial charge in [0.25, 0.3) is 0 Å². The van der Waals surface area contributed by atoms with Gasteiger partial charge in [0.1, 0.15) is 0 Å². The molecule has 3 N–H and O–H groups in total. The lowest BCUT2D eigenvalue weighted by atomic mass is 9.70. The van der Waals surface area contributed by atoms with Gasteiger partial charge in [0, 0.05) is 46.4 Å². The van der Waals surface area contributed by atoms with Crippen LogP contribution in [0.25, 0.3) is 10.9 Å². The summed E-state index contributed by atoms with van der Waals surface area (Å²) in [5.74, 6) is -0.733. The Balaban J connectivity index is 1.48. The average Bonchev–Trinajstić information content (AvgIpc) is 3.58. The highest BCUT2D eigenvalue weighted by molar-refractivity contribution is 6.05. The van der Waals surface area contributed by atoms with E-state index in [2.05, 4.69) is 43.2 Å². The molecule has 2 atom stereocenters. The molecule has 2 heterocycles. The Labute approximate surface area is 230 Å². The highest BCUT2D eigenvalue weighted by Gasteiger charge is 2.42. The van der Waals surface area contributed by atoms with Crippen molar-refractivity contribution in [2.75, 3.05) is 0 Å². The first-order chi connectivity index (χ1) is 18.8. The van der Waals surface area contributed by atoms with Gasteiger partial charge in [-0.3, -0.25) is 4.79 Å². The molecule has 39 heavy (non-hydrogen) atoms. The minimum absolute atomic E-state index is 0.0549. The Morgan fingerprint density at radius 1 is 1.03 bits per heavy atom. The number of dihydropyridines is 1. The van der Waals surface area contributed by atoms with E-state index in [0.29, 0.717) is 36.3 Å². The van der Waals surface area contributed by atoms with Gasteiger partial charge in [-0.25, -0.2) is 4.79 Å². The Hall–Kier alpha value is -3.60. The van der Waals surface area contributed by atoms with Gasteiger partial charge in [-0.15, -0.1) is 0 Å². The van der Waals surface area contributed by atoms with Crippen molar-refractivity contribution in [3.05, 3.63) is 93.0 Å². The third-order valence-corrected chi connectivity index (χ3v) is 9.31. The summed E-state index contributed by atoms with van der Waals surface area (Å²) in [6.07, 6.45) is 9.66. The van der Waals surface area contributed by atoms with Gasteiger partial charge in [0.05, 0.1) is 5.57 Å². The van der Waals surface area contributed by atoms with Crippen LogP contribution in [0.5, 0.6) is 0 Å². The molecule has 1 aliphatic heterocycles. The fourth-order valence-corrected chi connectivity index (χ4v) is 7.76. The number of aromatic amines is 1. The van der Waals surface area contributed by atoms with E-state index in [9.17, 15) is 14.7 Å². The van der Waals surface area contributed by atoms with Crippen LogP contribution in [0.1, 0.15) is 91.0 Å². The Morgan fingerprint density at radius 3 is 2.49 bits per heavy atom. The van der Waals surface area contributed by atoms with Crippen molar-refractivity contribution in [3.63, 3.8) is 0 Å². The van der Waals surface area contributed by atoms with Crippen LogP contribution in [0.2, 0.25) is 0 Å². The summed E-state index contributed by atoms with van der Waals surface area (Å²) >= 11 is 0. The number of H-pyrrole nitrogens is 1. The van der Waals surface area contributed by atoms with Crippen molar-refractivity contribution >= 4 is 22.7 Å². The number of nitrogens with one attached hydrogen (secondary N) is 2. The molecule has 2 aromatic carbocycles. The highest BCUT2D eigenvalue weighted by atomic mass is 16.4. The van der Waals surface area contributed by atoms with E-state index < -0.39 is 11.9 Å². The smallest absolute Gasteiger partial charge is 0.334 e. The van der Waals surface area contributed by atoms with Crippen molar-refractivity contribution in [1.82, 2.24) is 10.3 Å². The monoisotopic (exact) mass is 522 g/mol. The van der Waals surface area contributed by atoms with E-state index in [4.69, 9.17) is 0 Å². The van der Waals surface area contributed by atoms with E-state index in [1.165, 1.54) is 47.9 Å². The Kier molecular flexibility index (Phi) is 6.70. The maximum atomic E-state index is 14.1. The van der Waals surface area contributed by atoms with Gasteiger partial charge in [-0.2, -0.15) is 0 Å². The molecule has 2 aliphatic carbocycles. The molecule has 1 fully saturated rings. The van der Waals surface area contributed by atoms with Gasteiger partial charge < -0.3 is 15.4 Å². The molecule has 202 valence electrons. The molecular formula is C34H38N2O3. The Bertz CT molecular complexity index is 1510. The number of carbonyl (C=O) groups excluding carboxylic acids is 1. The number of ketones is 1. The number of fused-ring (bicyclic) bond motifs is 1. The summed E-state index contributed by atoms with van der Waals surface area (Å²) in [5, 5.41) is 15.2. The highest BCUT2D eigenvalue weighted by Crippen LogP contribution is 2.48. The number of aromatic nitrogens is 1. The van der Waals surface area contributed by atoms with Gasteiger partial charge in [0.2, 0.25) is 0 Å². The van der Waals surface area contributed by atoms with Crippen LogP contribution in [-0.4, -0.2) is 21.8 Å². The lowest BCUT2D eigenvalue weighted by Crippen LogP contribution is -2.36. The summed E-state index contributed by atoms with van der Waals surface area (Å²) in [5.41, 5.74) is 9.48. The molecule has 2 unspecified atom stereocenters. The van der Waals surface area contributed by atoms with Gasteiger partial charge in [-0.05, 0) is 86.3 Å². The van der Waals surface area contributed by atoms with Crippen molar-refractivity contribution in [2.24, 2.45) is 5.92 Å². The van der Waals surface area contributed by atoms with E-state index in [0.717, 1.165) is 34.3 Å². The number of rotatable bonds is 6. The van der Waals surface area contributed by atoms with Crippen molar-refractivity contribution in [2.45, 2.75) is 84.0 Å². The number of carboxylic acid groups (broad SMARTS) is 1. The Morgan fingerprint density at radius 2 is 1.77 bits per heavy atom. The summed E-state index contributed by atoms with van der Waals surface area (Å²) in [4.78, 5) is 30.3. The minimum Gasteiger partial charge on any atom is -0.478 e. The largest absolute Gasteiger partial charge is 0.478 e. The average molecular weight is 523 g/mol. The van der Waals surface area contributed by atoms with Gasteiger partial charge >= 0.3 is 5.97 Å². The van der Waals surface area contributed by atoms with Crippen LogP contribution in [-0.2, 0) is 9.59 Å². The SMILES string of the molecule is Cc1cc(C)c(C2CC(=O)C3=C(C2)NC(CCC2CCCC2)=C(C(=O)O)C3c2cccc3[nH]ccc23)c(C)c1. The van der Waals surface area contributed by atoms with Crippen LogP contribution in [0, 0.1) is 26.7 Å². The van der Waals surface area contributed by atoms with E-state index in [-0.39, 0.29) is 11.7 Å². The fraction of sp³-hybridized carbons (Fsp3) is 0.412. The van der Waals surface area contributed by atoms with Crippen molar-refractivity contribution in [3.8, 4) is 0 Å². The molecule has 3 aromatic rings. The molecule has 0 radical (unpaired) electrons. The molecule has 0 spiro atoms. The van der Waals surface area contributed by atoms with Crippen LogP contribution in [0.3, 0.4) is 0 Å². The zero-order valence-electron chi connectivity index (χ0n) is 23.2. The number of aryl methyl sites for hydroxylation is 3. The summed E-state index contributed by atoms with van der Waals surface area (Å²) in [6.45, 7) is 6.39. The maximum Gasteiger partial charge on any atom is 0.334 e. The summed E-state index contributed by atoms with van der Waals surface area (Å²) in [6, 6.07) is 12.4. The number of hydrogen-bond donors (Lipinski definition) is 3. The van der Waals surface area contributed by atoms with Crippen molar-refractivity contribution < 1.29 is 14.7 Å². The number of Topliss-reactive ketones (excluding diaryl/α,β-unsaturated/α-hetero) is 1. The number of carboxylic acids is 1. The standard InChI is InChI=1S/C34H38N2O3/c1-19-15-20(2)30(21(3)16-19)23-17-28-32(29(37)18-23)31(25-9-6-10-26-24(25)13-14-35-26)33(34(38)39)27(36-28)12-11-22-7-4-5-8-22/h6,9-10,13-16,22-23,31,35-36H,4-5,7-8,11-12,17-18H2,1-3H3,(H,38,39). The summed E-state index contributed by atoms with van der Waals surface area (Å²) < 4.78 is 0. The van der Waals surface area contributed by atoms with E-state index in [1.54, 1.807) is 0 Å². The van der Waals surface area contributed by atoms with Gasteiger partial charge in [-0.1, -0.05) is 55.5 Å². The normalized spacial score (nSPS) is 22.0. The molecular weight excluding hydrogens is 484 g/mol. The lowest BCUT2D eigenvalue weighted by Gasteiger charge is -2.38.